The molecule has 0 radical (unpaired) electrons. The molecule has 0 bridgehead atoms. The molecule has 2 atom stereocenters. The smallest absolute Gasteiger partial charge is 0.0931 e. The van der Waals surface area contributed by atoms with Crippen LogP contribution in [0.1, 0.15) is 30.1 Å². The van der Waals surface area contributed by atoms with Gasteiger partial charge in [-0.25, -0.2) is 0 Å². The maximum absolute atomic E-state index is 5.91. The lowest BCUT2D eigenvalue weighted by Gasteiger charge is -2.08. The van der Waals surface area contributed by atoms with Crippen LogP contribution >= 0.6 is 22.9 Å². The molecular weight excluding hydrogens is 202 g/mol. The lowest BCUT2D eigenvalue weighted by atomic mass is 10.1. The zero-order valence-electron chi connectivity index (χ0n) is 7.72. The third-order valence-electron chi connectivity index (χ3n) is 2.84. The third kappa shape index (κ3) is 2.06. The van der Waals surface area contributed by atoms with Crippen molar-refractivity contribution >= 4 is 22.9 Å². The van der Waals surface area contributed by atoms with Gasteiger partial charge < -0.3 is 5.32 Å². The second-order valence-electron chi connectivity index (χ2n) is 3.64. The van der Waals surface area contributed by atoms with E-state index in [0.717, 1.165) is 10.3 Å². The van der Waals surface area contributed by atoms with Crippen molar-refractivity contribution in [3.63, 3.8) is 0 Å². The van der Waals surface area contributed by atoms with Crippen LogP contribution < -0.4 is 5.32 Å². The van der Waals surface area contributed by atoms with Gasteiger partial charge in [-0.1, -0.05) is 11.6 Å². The first-order chi connectivity index (χ1) is 6.29. The molecule has 1 aliphatic rings. The first-order valence-electron chi connectivity index (χ1n) is 4.72. The molecule has 1 nitrogen and oxygen atoms in total. The van der Waals surface area contributed by atoms with Gasteiger partial charge in [0.2, 0.25) is 0 Å². The Hall–Kier alpha value is -0.0500. The van der Waals surface area contributed by atoms with Gasteiger partial charge in [0.25, 0.3) is 0 Å². The van der Waals surface area contributed by atoms with Gasteiger partial charge in [-0.3, -0.25) is 0 Å². The van der Waals surface area contributed by atoms with Crippen LogP contribution in [-0.4, -0.2) is 13.1 Å². The van der Waals surface area contributed by atoms with Gasteiger partial charge in [-0.15, -0.1) is 11.3 Å². The molecule has 1 aliphatic carbocycles. The van der Waals surface area contributed by atoms with Crippen molar-refractivity contribution in [2.24, 2.45) is 0 Å². The highest BCUT2D eigenvalue weighted by Gasteiger charge is 2.25. The van der Waals surface area contributed by atoms with E-state index >= 15 is 0 Å². The number of hydrogen-bond acceptors (Lipinski definition) is 2. The molecule has 0 aliphatic heterocycles. The summed E-state index contributed by atoms with van der Waals surface area (Å²) in [6.45, 7) is 0. The average Bonchev–Trinajstić information content (AvgIpc) is 2.71. The maximum atomic E-state index is 5.91. The first-order valence-corrected chi connectivity index (χ1v) is 5.91. The molecular formula is C10H14ClNS. The highest BCUT2D eigenvalue weighted by molar-refractivity contribution is 7.16. The van der Waals surface area contributed by atoms with Crippen LogP contribution in [0.15, 0.2) is 12.1 Å². The predicted octanol–water partition coefficient (Wildman–Crippen LogP) is 3.26. The highest BCUT2D eigenvalue weighted by Crippen LogP contribution is 2.38. The fraction of sp³-hybridized carbons (Fsp3) is 0.600. The van der Waals surface area contributed by atoms with E-state index in [4.69, 9.17) is 11.6 Å². The van der Waals surface area contributed by atoms with Gasteiger partial charge in [0, 0.05) is 10.9 Å². The van der Waals surface area contributed by atoms with Gasteiger partial charge in [0.15, 0.2) is 0 Å². The number of nitrogens with one attached hydrogen (secondary N) is 1. The van der Waals surface area contributed by atoms with Crippen molar-refractivity contribution in [1.29, 1.82) is 0 Å². The van der Waals surface area contributed by atoms with E-state index in [1.165, 1.54) is 24.1 Å². The van der Waals surface area contributed by atoms with E-state index in [0.29, 0.717) is 6.04 Å². The summed E-state index contributed by atoms with van der Waals surface area (Å²) in [5, 5.41) is 3.34. The van der Waals surface area contributed by atoms with E-state index in [-0.39, 0.29) is 0 Å². The van der Waals surface area contributed by atoms with E-state index in [1.807, 2.05) is 6.07 Å². The quantitative estimate of drug-likeness (QED) is 0.799. The molecule has 1 saturated carbocycles. The maximum Gasteiger partial charge on any atom is 0.0931 e. The SMILES string of the molecule is CNC1CCC(c2ccc(Cl)s2)C1. The Labute approximate surface area is 88.1 Å². The van der Waals surface area contributed by atoms with Crippen molar-refractivity contribution in [1.82, 2.24) is 5.32 Å². The van der Waals surface area contributed by atoms with Gasteiger partial charge in [-0.05, 0) is 44.4 Å². The molecule has 0 spiro atoms. The topological polar surface area (TPSA) is 12.0 Å². The zero-order valence-corrected chi connectivity index (χ0v) is 9.29. The molecule has 0 amide bonds. The van der Waals surface area contributed by atoms with Crippen molar-refractivity contribution in [2.75, 3.05) is 7.05 Å². The lowest BCUT2D eigenvalue weighted by molar-refractivity contribution is 0.573. The van der Waals surface area contributed by atoms with Crippen LogP contribution in [0.4, 0.5) is 0 Å². The van der Waals surface area contributed by atoms with Crippen molar-refractivity contribution in [3.8, 4) is 0 Å². The van der Waals surface area contributed by atoms with Crippen LogP contribution in [0.3, 0.4) is 0 Å². The molecule has 1 N–H and O–H groups in total. The minimum absolute atomic E-state index is 0.714. The van der Waals surface area contributed by atoms with Gasteiger partial charge >= 0.3 is 0 Å². The summed E-state index contributed by atoms with van der Waals surface area (Å²) in [5.41, 5.74) is 0. The second kappa shape index (κ2) is 3.99. The normalized spacial score (nSPS) is 28.2. The molecule has 0 saturated heterocycles. The zero-order chi connectivity index (χ0) is 9.26. The molecule has 1 fully saturated rings. The Morgan fingerprint density at radius 3 is 2.85 bits per heavy atom. The van der Waals surface area contributed by atoms with Gasteiger partial charge in [-0.2, -0.15) is 0 Å². The molecule has 1 aromatic rings. The van der Waals surface area contributed by atoms with Crippen molar-refractivity contribution < 1.29 is 0 Å². The van der Waals surface area contributed by atoms with Crippen LogP contribution in [0.2, 0.25) is 4.34 Å². The Balaban J connectivity index is 2.03. The summed E-state index contributed by atoms with van der Waals surface area (Å²) in [6, 6.07) is 4.90. The molecule has 0 aromatic carbocycles. The number of halogens is 1. The molecule has 13 heavy (non-hydrogen) atoms. The summed E-state index contributed by atoms with van der Waals surface area (Å²) < 4.78 is 0.919. The fourth-order valence-corrected chi connectivity index (χ4v) is 3.26. The Bertz CT molecular complexity index is 284. The summed E-state index contributed by atoms with van der Waals surface area (Å²) >= 11 is 7.65. The Morgan fingerprint density at radius 1 is 1.46 bits per heavy atom. The number of rotatable bonds is 2. The highest BCUT2D eigenvalue weighted by atomic mass is 35.5. The van der Waals surface area contributed by atoms with E-state index in [9.17, 15) is 0 Å². The number of thiophene rings is 1. The Morgan fingerprint density at radius 2 is 2.31 bits per heavy atom. The largest absolute Gasteiger partial charge is 0.317 e. The second-order valence-corrected chi connectivity index (χ2v) is 5.38. The monoisotopic (exact) mass is 215 g/mol. The van der Waals surface area contributed by atoms with Gasteiger partial charge in [0.1, 0.15) is 0 Å². The van der Waals surface area contributed by atoms with E-state index in [1.54, 1.807) is 11.3 Å². The minimum Gasteiger partial charge on any atom is -0.317 e. The lowest BCUT2D eigenvalue weighted by Crippen LogP contribution is -2.20. The van der Waals surface area contributed by atoms with E-state index in [2.05, 4.69) is 18.4 Å². The van der Waals surface area contributed by atoms with Crippen molar-refractivity contribution in [2.45, 2.75) is 31.2 Å². The molecule has 2 unspecified atom stereocenters. The fourth-order valence-electron chi connectivity index (χ4n) is 2.05. The number of hydrogen-bond donors (Lipinski definition) is 1. The van der Waals surface area contributed by atoms with Crippen LogP contribution in [0.5, 0.6) is 0 Å². The molecule has 3 heteroatoms. The summed E-state index contributed by atoms with van der Waals surface area (Å²) in [4.78, 5) is 1.46. The van der Waals surface area contributed by atoms with Gasteiger partial charge in [0.05, 0.1) is 4.34 Å². The van der Waals surface area contributed by atoms with E-state index < -0.39 is 0 Å². The molecule has 1 heterocycles. The minimum atomic E-state index is 0.714. The molecule has 72 valence electrons. The van der Waals surface area contributed by atoms with Crippen LogP contribution in [0.25, 0.3) is 0 Å². The molecule has 2 rings (SSSR count). The third-order valence-corrected chi connectivity index (χ3v) is 4.23. The first kappa shape index (κ1) is 9.50. The van der Waals surface area contributed by atoms with Crippen LogP contribution in [-0.2, 0) is 0 Å². The summed E-state index contributed by atoms with van der Waals surface area (Å²) in [5.74, 6) is 0.745. The summed E-state index contributed by atoms with van der Waals surface area (Å²) in [7, 11) is 2.05. The summed E-state index contributed by atoms with van der Waals surface area (Å²) in [6.07, 6.45) is 3.88. The average molecular weight is 216 g/mol. The van der Waals surface area contributed by atoms with Crippen molar-refractivity contribution in [3.05, 3.63) is 21.3 Å². The standard InChI is InChI=1S/C10H14ClNS/c1-12-8-3-2-7(6-8)9-4-5-10(11)13-9/h4-5,7-8,12H,2-3,6H2,1H3. The molecule has 1 aromatic heterocycles. The predicted molar refractivity (Wildman–Crippen MR) is 58.8 cm³/mol. The Kier molecular flexibility index (Phi) is 2.92. The van der Waals surface area contributed by atoms with Crippen LogP contribution in [0, 0.1) is 0 Å².